The van der Waals surface area contributed by atoms with Gasteiger partial charge in [-0.25, -0.2) is 4.98 Å². The molecule has 0 bridgehead atoms. The summed E-state index contributed by atoms with van der Waals surface area (Å²) >= 11 is 0. The minimum atomic E-state index is 0.656. The second-order valence-corrected chi connectivity index (χ2v) is 4.72. The first-order valence-electron chi connectivity index (χ1n) is 6.90. The summed E-state index contributed by atoms with van der Waals surface area (Å²) in [5.41, 5.74) is 0.892. The molecule has 0 aromatic carbocycles. The summed E-state index contributed by atoms with van der Waals surface area (Å²) in [5, 5.41) is 12.5. The van der Waals surface area contributed by atoms with Crippen LogP contribution < -0.4 is 5.32 Å². The van der Waals surface area contributed by atoms with Crippen LogP contribution in [-0.4, -0.2) is 45.0 Å². The van der Waals surface area contributed by atoms with Gasteiger partial charge in [0.15, 0.2) is 0 Å². The van der Waals surface area contributed by atoms with E-state index >= 15 is 0 Å². The number of rotatable bonds is 7. The Morgan fingerprint density at radius 3 is 3.19 bits per heavy atom. The molecule has 0 amide bonds. The number of pyridine rings is 1. The Bertz CT molecular complexity index is 704. The fourth-order valence-electron chi connectivity index (χ4n) is 2.18. The lowest BCUT2D eigenvalue weighted by Gasteiger charge is -2.07. The van der Waals surface area contributed by atoms with Gasteiger partial charge >= 0.3 is 0 Å². The lowest BCUT2D eigenvalue weighted by atomic mass is 10.3. The second-order valence-electron chi connectivity index (χ2n) is 4.72. The van der Waals surface area contributed by atoms with Crippen molar-refractivity contribution in [3.05, 3.63) is 36.5 Å². The Balaban J connectivity index is 1.57. The van der Waals surface area contributed by atoms with Crippen molar-refractivity contribution in [1.29, 1.82) is 0 Å². The third-order valence-corrected chi connectivity index (χ3v) is 3.30. The van der Waals surface area contributed by atoms with Gasteiger partial charge in [-0.3, -0.25) is 0 Å². The van der Waals surface area contributed by atoms with Crippen LogP contribution in [0.3, 0.4) is 0 Å². The number of hydrogen-bond donors (Lipinski definition) is 2. The molecule has 0 unspecified atom stereocenters. The number of aromatic nitrogens is 5. The van der Waals surface area contributed by atoms with Crippen LogP contribution in [0.1, 0.15) is 5.82 Å². The minimum absolute atomic E-state index is 0.656. The molecule has 0 saturated carbocycles. The van der Waals surface area contributed by atoms with Crippen LogP contribution in [0.15, 0.2) is 30.7 Å². The van der Waals surface area contributed by atoms with Gasteiger partial charge in [0.2, 0.25) is 0 Å². The van der Waals surface area contributed by atoms with E-state index in [1.807, 2.05) is 29.0 Å². The molecule has 0 saturated heterocycles. The molecule has 3 rings (SSSR count). The van der Waals surface area contributed by atoms with Gasteiger partial charge in [-0.15, -0.1) is 10.2 Å². The molecule has 0 aliphatic rings. The predicted octanol–water partition coefficient (Wildman–Crippen LogP) is 1.46. The zero-order valence-corrected chi connectivity index (χ0v) is 11.9. The summed E-state index contributed by atoms with van der Waals surface area (Å²) in [6, 6.07) is 6.03. The molecule has 0 aliphatic carbocycles. The van der Waals surface area contributed by atoms with Crippen molar-refractivity contribution in [3.8, 4) is 0 Å². The molecule has 0 atom stereocenters. The van der Waals surface area contributed by atoms with Crippen molar-refractivity contribution in [2.75, 3.05) is 25.6 Å². The van der Waals surface area contributed by atoms with Crippen molar-refractivity contribution in [2.24, 2.45) is 0 Å². The summed E-state index contributed by atoms with van der Waals surface area (Å²) < 4.78 is 7.08. The first-order chi connectivity index (χ1) is 10.4. The second kappa shape index (κ2) is 6.36. The molecule has 110 valence electrons. The zero-order valence-electron chi connectivity index (χ0n) is 11.9. The molecule has 3 heterocycles. The summed E-state index contributed by atoms with van der Waals surface area (Å²) in [4.78, 5) is 7.60. The quantitative estimate of drug-likeness (QED) is 0.687. The maximum absolute atomic E-state index is 5.07. The molecule has 0 radical (unpaired) electrons. The van der Waals surface area contributed by atoms with Gasteiger partial charge in [-0.2, -0.15) is 0 Å². The number of methoxy groups -OCH3 is 1. The fourth-order valence-corrected chi connectivity index (χ4v) is 2.18. The Morgan fingerprint density at radius 1 is 1.33 bits per heavy atom. The van der Waals surface area contributed by atoms with Crippen LogP contribution in [0.25, 0.3) is 11.0 Å². The number of fused-ring (bicyclic) bond motifs is 1. The van der Waals surface area contributed by atoms with E-state index in [0.29, 0.717) is 6.61 Å². The molecule has 3 aromatic heterocycles. The fraction of sp³-hybridized carbons (Fsp3) is 0.357. The molecule has 0 aliphatic heterocycles. The van der Waals surface area contributed by atoms with Crippen LogP contribution in [-0.2, 0) is 17.7 Å². The predicted molar refractivity (Wildman–Crippen MR) is 80.2 cm³/mol. The highest BCUT2D eigenvalue weighted by molar-refractivity contribution is 5.77. The number of hydrogen-bond acceptors (Lipinski definition) is 5. The average Bonchev–Trinajstić information content (AvgIpc) is 3.13. The zero-order chi connectivity index (χ0) is 14.5. The van der Waals surface area contributed by atoms with Crippen molar-refractivity contribution >= 4 is 16.9 Å². The van der Waals surface area contributed by atoms with Crippen LogP contribution >= 0.6 is 0 Å². The van der Waals surface area contributed by atoms with Gasteiger partial charge in [0.25, 0.3) is 0 Å². The van der Waals surface area contributed by atoms with E-state index in [1.54, 1.807) is 13.4 Å². The number of nitrogens with one attached hydrogen (secondary N) is 2. The van der Waals surface area contributed by atoms with Crippen molar-refractivity contribution in [1.82, 2.24) is 24.7 Å². The lowest BCUT2D eigenvalue weighted by molar-refractivity contribution is 0.186. The van der Waals surface area contributed by atoms with Gasteiger partial charge in [-0.05, 0) is 18.2 Å². The summed E-state index contributed by atoms with van der Waals surface area (Å²) in [6.07, 6.45) is 4.41. The summed E-state index contributed by atoms with van der Waals surface area (Å²) in [6.45, 7) is 2.18. The van der Waals surface area contributed by atoms with E-state index in [0.717, 1.165) is 42.2 Å². The number of nitrogens with zero attached hydrogens (tertiary/aromatic N) is 4. The standard InChI is InChI=1S/C14H18N6O/c1-21-9-8-20-10-17-19-13(20)5-7-15-12-3-2-11-4-6-16-14(11)18-12/h2-4,6,10H,5,7-9H2,1H3,(H2,15,16,18). The number of ether oxygens (including phenoxy) is 1. The van der Waals surface area contributed by atoms with E-state index in [9.17, 15) is 0 Å². The summed E-state index contributed by atoms with van der Waals surface area (Å²) in [5.74, 6) is 1.80. The van der Waals surface area contributed by atoms with E-state index in [4.69, 9.17) is 4.74 Å². The van der Waals surface area contributed by atoms with Gasteiger partial charge in [0.05, 0.1) is 6.61 Å². The Morgan fingerprint density at radius 2 is 2.29 bits per heavy atom. The van der Waals surface area contributed by atoms with Crippen molar-refractivity contribution in [2.45, 2.75) is 13.0 Å². The monoisotopic (exact) mass is 286 g/mol. The molecule has 7 nitrogen and oxygen atoms in total. The topological polar surface area (TPSA) is 80.6 Å². The van der Waals surface area contributed by atoms with Gasteiger partial charge < -0.3 is 19.6 Å². The van der Waals surface area contributed by atoms with E-state index < -0.39 is 0 Å². The largest absolute Gasteiger partial charge is 0.383 e. The number of H-pyrrole nitrogens is 1. The lowest BCUT2D eigenvalue weighted by Crippen LogP contribution is -2.12. The van der Waals surface area contributed by atoms with E-state index in [-0.39, 0.29) is 0 Å². The average molecular weight is 286 g/mol. The minimum Gasteiger partial charge on any atom is -0.383 e. The SMILES string of the molecule is COCCn1cnnc1CCNc1ccc2cc[nH]c2n1. The normalized spacial score (nSPS) is 11.1. The highest BCUT2D eigenvalue weighted by Gasteiger charge is 2.04. The Kier molecular flexibility index (Phi) is 4.11. The smallest absolute Gasteiger partial charge is 0.139 e. The summed E-state index contributed by atoms with van der Waals surface area (Å²) in [7, 11) is 1.69. The van der Waals surface area contributed by atoms with E-state index in [2.05, 4.69) is 25.5 Å². The highest BCUT2D eigenvalue weighted by Crippen LogP contribution is 2.13. The number of anilines is 1. The molecule has 2 N–H and O–H groups in total. The maximum Gasteiger partial charge on any atom is 0.139 e. The van der Waals surface area contributed by atoms with Crippen molar-refractivity contribution < 1.29 is 4.74 Å². The van der Waals surface area contributed by atoms with Crippen LogP contribution in [0, 0.1) is 0 Å². The third kappa shape index (κ3) is 3.19. The van der Waals surface area contributed by atoms with Crippen LogP contribution in [0.5, 0.6) is 0 Å². The molecule has 0 fully saturated rings. The molecular formula is C14H18N6O. The molecule has 0 spiro atoms. The van der Waals surface area contributed by atoms with Crippen LogP contribution in [0.4, 0.5) is 5.82 Å². The molecule has 21 heavy (non-hydrogen) atoms. The maximum atomic E-state index is 5.07. The number of aromatic amines is 1. The molecule has 7 heteroatoms. The van der Waals surface area contributed by atoms with Gasteiger partial charge in [0, 0.05) is 38.2 Å². The van der Waals surface area contributed by atoms with Crippen molar-refractivity contribution in [3.63, 3.8) is 0 Å². The van der Waals surface area contributed by atoms with Gasteiger partial charge in [0.1, 0.15) is 23.6 Å². The molecule has 3 aromatic rings. The van der Waals surface area contributed by atoms with E-state index in [1.165, 1.54) is 0 Å². The first kappa shape index (κ1) is 13.6. The highest BCUT2D eigenvalue weighted by atomic mass is 16.5. The third-order valence-electron chi connectivity index (χ3n) is 3.30. The van der Waals surface area contributed by atoms with Gasteiger partial charge in [-0.1, -0.05) is 0 Å². The first-order valence-corrected chi connectivity index (χ1v) is 6.90. The van der Waals surface area contributed by atoms with Crippen LogP contribution in [0.2, 0.25) is 0 Å². The Hall–Kier alpha value is -2.41. The molecular weight excluding hydrogens is 268 g/mol. The Labute approximate surface area is 122 Å².